The average molecular weight is 263 g/mol. The second-order valence-electron chi connectivity index (χ2n) is 5.74. The standard InChI is InChI=1S/C16H25NO2/c1-10(2)12-5-6-13(11(3)4)14(9-12)15(17)7-8-16(18)19/h5-6,9-11,15H,7-8,17H2,1-4H3,(H,18,19). The maximum atomic E-state index is 10.7. The van der Waals surface area contributed by atoms with Crippen molar-refractivity contribution >= 4 is 5.97 Å². The van der Waals surface area contributed by atoms with Crippen molar-refractivity contribution in [2.75, 3.05) is 0 Å². The summed E-state index contributed by atoms with van der Waals surface area (Å²) in [6.07, 6.45) is 0.598. The lowest BCUT2D eigenvalue weighted by molar-refractivity contribution is -0.137. The van der Waals surface area contributed by atoms with Crippen LogP contribution < -0.4 is 5.73 Å². The number of carboxylic acid groups (broad SMARTS) is 1. The van der Waals surface area contributed by atoms with Crippen LogP contribution in [-0.2, 0) is 4.79 Å². The Morgan fingerprint density at radius 2 is 1.79 bits per heavy atom. The van der Waals surface area contributed by atoms with Crippen LogP contribution in [0.3, 0.4) is 0 Å². The van der Waals surface area contributed by atoms with E-state index in [4.69, 9.17) is 10.8 Å². The maximum Gasteiger partial charge on any atom is 0.303 e. The fraction of sp³-hybridized carbons (Fsp3) is 0.562. The number of nitrogens with two attached hydrogens (primary N) is 1. The van der Waals surface area contributed by atoms with E-state index in [0.717, 1.165) is 5.56 Å². The summed E-state index contributed by atoms with van der Waals surface area (Å²) in [6.45, 7) is 8.57. The van der Waals surface area contributed by atoms with Crippen molar-refractivity contribution in [1.82, 2.24) is 0 Å². The molecule has 3 nitrogen and oxygen atoms in total. The van der Waals surface area contributed by atoms with Crippen LogP contribution in [0.25, 0.3) is 0 Å². The summed E-state index contributed by atoms with van der Waals surface area (Å²) in [7, 11) is 0. The van der Waals surface area contributed by atoms with E-state index < -0.39 is 5.97 Å². The third kappa shape index (κ3) is 4.35. The van der Waals surface area contributed by atoms with E-state index in [2.05, 4.69) is 45.9 Å². The van der Waals surface area contributed by atoms with E-state index >= 15 is 0 Å². The third-order valence-electron chi connectivity index (χ3n) is 3.47. The fourth-order valence-corrected chi connectivity index (χ4v) is 2.23. The molecule has 1 aromatic rings. The second-order valence-corrected chi connectivity index (χ2v) is 5.74. The minimum absolute atomic E-state index is 0.116. The predicted octanol–water partition coefficient (Wildman–Crippen LogP) is 3.80. The minimum Gasteiger partial charge on any atom is -0.481 e. The zero-order valence-corrected chi connectivity index (χ0v) is 12.3. The van der Waals surface area contributed by atoms with Gasteiger partial charge in [-0.3, -0.25) is 4.79 Å². The Morgan fingerprint density at radius 1 is 1.16 bits per heavy atom. The largest absolute Gasteiger partial charge is 0.481 e. The van der Waals surface area contributed by atoms with Gasteiger partial charge in [-0.2, -0.15) is 0 Å². The van der Waals surface area contributed by atoms with Crippen molar-refractivity contribution in [1.29, 1.82) is 0 Å². The van der Waals surface area contributed by atoms with Gasteiger partial charge in [0, 0.05) is 12.5 Å². The summed E-state index contributed by atoms with van der Waals surface area (Å²) in [5, 5.41) is 8.78. The van der Waals surface area contributed by atoms with Crippen LogP contribution in [0.15, 0.2) is 18.2 Å². The van der Waals surface area contributed by atoms with E-state index in [1.54, 1.807) is 0 Å². The molecule has 1 rings (SSSR count). The number of benzene rings is 1. The molecule has 0 aliphatic heterocycles. The van der Waals surface area contributed by atoms with Gasteiger partial charge >= 0.3 is 5.97 Å². The number of hydrogen-bond acceptors (Lipinski definition) is 2. The van der Waals surface area contributed by atoms with Gasteiger partial charge in [-0.1, -0.05) is 45.9 Å². The normalized spacial score (nSPS) is 13.0. The van der Waals surface area contributed by atoms with Crippen LogP contribution in [0.4, 0.5) is 0 Å². The van der Waals surface area contributed by atoms with Gasteiger partial charge in [-0.25, -0.2) is 0 Å². The van der Waals surface area contributed by atoms with E-state index in [-0.39, 0.29) is 12.5 Å². The van der Waals surface area contributed by atoms with E-state index in [1.807, 2.05) is 0 Å². The number of rotatable bonds is 6. The van der Waals surface area contributed by atoms with Crippen LogP contribution in [0.1, 0.15) is 75.1 Å². The molecule has 3 heteroatoms. The minimum atomic E-state index is -0.790. The Kier molecular flexibility index (Phi) is 5.55. The molecule has 0 bridgehead atoms. The van der Waals surface area contributed by atoms with E-state index in [1.165, 1.54) is 11.1 Å². The van der Waals surface area contributed by atoms with Gasteiger partial charge in [0.2, 0.25) is 0 Å². The summed E-state index contributed by atoms with van der Waals surface area (Å²) in [5.74, 6) is 0.0558. The lowest BCUT2D eigenvalue weighted by Gasteiger charge is -2.20. The highest BCUT2D eigenvalue weighted by molar-refractivity contribution is 5.66. The molecule has 106 valence electrons. The Bertz CT molecular complexity index is 438. The Hall–Kier alpha value is -1.35. The summed E-state index contributed by atoms with van der Waals surface area (Å²) in [5.41, 5.74) is 9.77. The molecule has 19 heavy (non-hydrogen) atoms. The molecule has 0 aliphatic rings. The lowest BCUT2D eigenvalue weighted by atomic mass is 9.87. The van der Waals surface area contributed by atoms with Crippen LogP contribution in [0.2, 0.25) is 0 Å². The molecule has 0 aromatic heterocycles. The van der Waals surface area contributed by atoms with Crippen LogP contribution in [-0.4, -0.2) is 11.1 Å². The molecular weight excluding hydrogens is 238 g/mol. The molecule has 1 atom stereocenters. The quantitative estimate of drug-likeness (QED) is 0.820. The summed E-state index contributed by atoms with van der Waals surface area (Å²) in [4.78, 5) is 10.7. The number of carbonyl (C=O) groups is 1. The molecule has 0 heterocycles. The number of aliphatic carboxylic acids is 1. The zero-order chi connectivity index (χ0) is 14.6. The highest BCUT2D eigenvalue weighted by Gasteiger charge is 2.16. The van der Waals surface area contributed by atoms with Crippen molar-refractivity contribution in [3.05, 3.63) is 34.9 Å². The first-order valence-electron chi connectivity index (χ1n) is 6.94. The Labute approximate surface area is 115 Å². The van der Waals surface area contributed by atoms with Crippen molar-refractivity contribution in [3.63, 3.8) is 0 Å². The number of carboxylic acids is 1. The molecule has 0 amide bonds. The zero-order valence-electron chi connectivity index (χ0n) is 12.3. The van der Waals surface area contributed by atoms with Crippen LogP contribution in [0.5, 0.6) is 0 Å². The summed E-state index contributed by atoms with van der Waals surface area (Å²) < 4.78 is 0. The summed E-state index contributed by atoms with van der Waals surface area (Å²) in [6, 6.07) is 6.22. The predicted molar refractivity (Wildman–Crippen MR) is 78.4 cm³/mol. The molecule has 3 N–H and O–H groups in total. The van der Waals surface area contributed by atoms with Crippen LogP contribution in [0, 0.1) is 0 Å². The molecular formula is C16H25NO2. The first kappa shape index (κ1) is 15.7. The molecule has 1 aromatic carbocycles. The highest BCUT2D eigenvalue weighted by Crippen LogP contribution is 2.29. The molecule has 1 unspecified atom stereocenters. The van der Waals surface area contributed by atoms with Gasteiger partial charge in [-0.15, -0.1) is 0 Å². The van der Waals surface area contributed by atoms with Gasteiger partial charge in [0.1, 0.15) is 0 Å². The van der Waals surface area contributed by atoms with E-state index in [9.17, 15) is 4.79 Å². The van der Waals surface area contributed by atoms with Crippen molar-refractivity contribution in [3.8, 4) is 0 Å². The van der Waals surface area contributed by atoms with Gasteiger partial charge in [0.05, 0.1) is 0 Å². The molecule has 0 saturated carbocycles. The molecule has 0 spiro atoms. The average Bonchev–Trinajstić information content (AvgIpc) is 2.34. The molecule has 0 saturated heterocycles. The third-order valence-corrected chi connectivity index (χ3v) is 3.47. The monoisotopic (exact) mass is 263 g/mol. The second kappa shape index (κ2) is 6.71. The highest BCUT2D eigenvalue weighted by atomic mass is 16.4. The van der Waals surface area contributed by atoms with Crippen LogP contribution >= 0.6 is 0 Å². The number of hydrogen-bond donors (Lipinski definition) is 2. The molecule has 0 radical (unpaired) electrons. The fourth-order valence-electron chi connectivity index (χ4n) is 2.23. The molecule has 0 aliphatic carbocycles. The first-order chi connectivity index (χ1) is 8.82. The van der Waals surface area contributed by atoms with Crippen molar-refractivity contribution in [2.24, 2.45) is 5.73 Å². The molecule has 0 fully saturated rings. The van der Waals surface area contributed by atoms with Gasteiger partial charge < -0.3 is 10.8 Å². The van der Waals surface area contributed by atoms with Crippen molar-refractivity contribution < 1.29 is 9.90 Å². The smallest absolute Gasteiger partial charge is 0.303 e. The SMILES string of the molecule is CC(C)c1ccc(C(C)C)c(C(N)CCC(=O)O)c1. The lowest BCUT2D eigenvalue weighted by Crippen LogP contribution is -2.15. The van der Waals surface area contributed by atoms with Crippen molar-refractivity contribution in [2.45, 2.75) is 58.4 Å². The topological polar surface area (TPSA) is 63.3 Å². The first-order valence-corrected chi connectivity index (χ1v) is 6.94. The van der Waals surface area contributed by atoms with Gasteiger partial charge in [-0.05, 0) is 34.9 Å². The van der Waals surface area contributed by atoms with Gasteiger partial charge in [0.25, 0.3) is 0 Å². The summed E-state index contributed by atoms with van der Waals surface area (Å²) >= 11 is 0. The van der Waals surface area contributed by atoms with Gasteiger partial charge in [0.15, 0.2) is 0 Å². The Morgan fingerprint density at radius 3 is 2.26 bits per heavy atom. The maximum absolute atomic E-state index is 10.7. The Balaban J connectivity index is 3.06. The van der Waals surface area contributed by atoms with E-state index in [0.29, 0.717) is 18.3 Å².